The van der Waals surface area contributed by atoms with Crippen molar-refractivity contribution < 1.29 is 19.1 Å². The third-order valence-electron chi connectivity index (χ3n) is 6.67. The van der Waals surface area contributed by atoms with E-state index in [-0.39, 0.29) is 12.0 Å². The minimum atomic E-state index is -1.00. The number of methoxy groups -OCH3 is 1. The van der Waals surface area contributed by atoms with E-state index in [1.807, 2.05) is 66.7 Å². The van der Waals surface area contributed by atoms with Crippen molar-refractivity contribution in [3.8, 4) is 16.9 Å². The largest absolute Gasteiger partial charge is 0.489 e. The van der Waals surface area contributed by atoms with Gasteiger partial charge >= 0.3 is 5.97 Å². The normalized spacial score (nSPS) is 11.6. The number of halogens is 1. The Morgan fingerprint density at radius 1 is 0.854 bits per heavy atom. The van der Waals surface area contributed by atoms with Crippen molar-refractivity contribution in [3.05, 3.63) is 135 Å². The Hall–Kier alpha value is -4.88. The van der Waals surface area contributed by atoms with Crippen molar-refractivity contribution >= 4 is 34.4 Å². The molecule has 0 aliphatic carbocycles. The quantitative estimate of drug-likeness (QED) is 0.215. The first-order valence-corrected chi connectivity index (χ1v) is 13.3. The highest BCUT2D eigenvalue weighted by molar-refractivity contribution is 6.30. The summed E-state index contributed by atoms with van der Waals surface area (Å²) in [5.74, 6) is -0.620. The predicted octanol–water partition coefficient (Wildman–Crippen LogP) is 5.94. The molecule has 8 heteroatoms. The van der Waals surface area contributed by atoms with Crippen LogP contribution >= 0.6 is 11.6 Å². The van der Waals surface area contributed by atoms with Crippen LogP contribution in [0.4, 0.5) is 0 Å². The molecule has 5 rings (SSSR count). The highest BCUT2D eigenvalue weighted by Crippen LogP contribution is 2.25. The van der Waals surface area contributed by atoms with E-state index in [0.29, 0.717) is 28.3 Å². The van der Waals surface area contributed by atoms with Gasteiger partial charge in [0.25, 0.3) is 11.5 Å². The number of carbonyl (C=O) groups excluding carboxylic acids is 2. The molecule has 0 saturated heterocycles. The fourth-order valence-corrected chi connectivity index (χ4v) is 4.59. The zero-order valence-electron chi connectivity index (χ0n) is 22.2. The maximum atomic E-state index is 13.2. The second kappa shape index (κ2) is 12.5. The number of aromatic amines is 1. The number of hydrogen-bond acceptors (Lipinski definition) is 5. The number of aromatic nitrogens is 1. The molecule has 0 radical (unpaired) electrons. The van der Waals surface area contributed by atoms with Gasteiger partial charge in [-0.2, -0.15) is 0 Å². The van der Waals surface area contributed by atoms with Crippen LogP contribution in [-0.4, -0.2) is 30.0 Å². The standard InChI is InChI=1S/C33H27ClN2O5/c1-40-33(39)30(17-21-7-14-27(15-8-21)41-20-22-5-3-2-4-6-22)36-32(38)28-19-25-18-24(11-16-29(25)35-31(28)37)23-9-12-26(34)13-10-23/h2-16,18-19,30H,17,20H2,1H3,(H,35,37)(H,36,38). The molecule has 0 saturated carbocycles. The third-order valence-corrected chi connectivity index (χ3v) is 6.92. The molecule has 41 heavy (non-hydrogen) atoms. The lowest BCUT2D eigenvalue weighted by Crippen LogP contribution is -2.44. The summed E-state index contributed by atoms with van der Waals surface area (Å²) < 4.78 is 10.8. The number of carbonyl (C=O) groups is 2. The molecular formula is C33H27ClN2O5. The number of benzene rings is 4. The summed E-state index contributed by atoms with van der Waals surface area (Å²) in [4.78, 5) is 41.3. The van der Waals surface area contributed by atoms with Gasteiger partial charge in [0.1, 0.15) is 24.0 Å². The molecule has 1 aromatic heterocycles. The molecule has 1 amide bonds. The molecule has 0 fully saturated rings. The summed E-state index contributed by atoms with van der Waals surface area (Å²) in [6, 6.07) is 30.5. The Kier molecular flexibility index (Phi) is 8.46. The fraction of sp³-hybridized carbons (Fsp3) is 0.121. The van der Waals surface area contributed by atoms with Crippen LogP contribution in [0.2, 0.25) is 5.02 Å². The summed E-state index contributed by atoms with van der Waals surface area (Å²) in [5, 5.41) is 3.97. The van der Waals surface area contributed by atoms with Gasteiger partial charge in [0, 0.05) is 17.0 Å². The number of nitrogens with one attached hydrogen (secondary N) is 2. The number of H-pyrrole nitrogens is 1. The van der Waals surface area contributed by atoms with Crippen LogP contribution in [0.1, 0.15) is 21.5 Å². The van der Waals surface area contributed by atoms with Crippen LogP contribution in [-0.2, 0) is 22.6 Å². The second-order valence-corrected chi connectivity index (χ2v) is 9.93. The number of pyridine rings is 1. The van der Waals surface area contributed by atoms with Crippen LogP contribution in [0.15, 0.2) is 108 Å². The van der Waals surface area contributed by atoms with Gasteiger partial charge < -0.3 is 19.8 Å². The van der Waals surface area contributed by atoms with Gasteiger partial charge in [-0.25, -0.2) is 4.79 Å². The lowest BCUT2D eigenvalue weighted by Gasteiger charge is -2.17. The number of hydrogen-bond donors (Lipinski definition) is 2. The fourth-order valence-electron chi connectivity index (χ4n) is 4.47. The van der Waals surface area contributed by atoms with E-state index in [1.54, 1.807) is 30.3 Å². The van der Waals surface area contributed by atoms with Crippen molar-refractivity contribution in [1.82, 2.24) is 10.3 Å². The summed E-state index contributed by atoms with van der Waals surface area (Å²) in [7, 11) is 1.25. The first-order valence-electron chi connectivity index (χ1n) is 13.0. The first-order chi connectivity index (χ1) is 19.9. The summed E-state index contributed by atoms with van der Waals surface area (Å²) in [6.45, 7) is 0.433. The molecule has 1 atom stereocenters. The Bertz CT molecular complexity index is 1730. The highest BCUT2D eigenvalue weighted by atomic mass is 35.5. The molecule has 0 aliphatic rings. The van der Waals surface area contributed by atoms with Gasteiger partial charge in [-0.15, -0.1) is 0 Å². The van der Waals surface area contributed by atoms with Gasteiger partial charge in [0.05, 0.1) is 7.11 Å². The molecule has 1 heterocycles. The molecule has 5 aromatic rings. The van der Waals surface area contributed by atoms with E-state index in [0.717, 1.165) is 22.3 Å². The van der Waals surface area contributed by atoms with Gasteiger partial charge in [0.2, 0.25) is 0 Å². The van der Waals surface area contributed by atoms with Crippen LogP contribution in [0.5, 0.6) is 5.75 Å². The van der Waals surface area contributed by atoms with E-state index in [2.05, 4.69) is 10.3 Å². The van der Waals surface area contributed by atoms with E-state index in [4.69, 9.17) is 21.1 Å². The van der Waals surface area contributed by atoms with Crippen molar-refractivity contribution in [2.45, 2.75) is 19.1 Å². The zero-order chi connectivity index (χ0) is 28.8. The van der Waals surface area contributed by atoms with Crippen molar-refractivity contribution in [3.63, 3.8) is 0 Å². The van der Waals surface area contributed by atoms with Gasteiger partial charge in [-0.1, -0.05) is 72.3 Å². The van der Waals surface area contributed by atoms with Gasteiger partial charge in [0.15, 0.2) is 0 Å². The van der Waals surface area contributed by atoms with Crippen LogP contribution < -0.4 is 15.6 Å². The smallest absolute Gasteiger partial charge is 0.328 e. The zero-order valence-corrected chi connectivity index (χ0v) is 23.0. The van der Waals surface area contributed by atoms with E-state index in [1.165, 1.54) is 13.2 Å². The van der Waals surface area contributed by atoms with Crippen molar-refractivity contribution in [2.24, 2.45) is 0 Å². The molecule has 0 spiro atoms. The van der Waals surface area contributed by atoms with Gasteiger partial charge in [-0.05, 0) is 70.1 Å². The lowest BCUT2D eigenvalue weighted by molar-refractivity contribution is -0.142. The minimum absolute atomic E-state index is 0.107. The topological polar surface area (TPSA) is 97.5 Å². The molecule has 2 N–H and O–H groups in total. The van der Waals surface area contributed by atoms with Crippen LogP contribution in [0.25, 0.3) is 22.0 Å². The van der Waals surface area contributed by atoms with Crippen LogP contribution in [0, 0.1) is 0 Å². The Morgan fingerprint density at radius 3 is 2.27 bits per heavy atom. The number of amides is 1. The maximum absolute atomic E-state index is 13.2. The molecule has 7 nitrogen and oxygen atoms in total. The number of ether oxygens (including phenoxy) is 2. The van der Waals surface area contributed by atoms with E-state index >= 15 is 0 Å². The Labute approximate surface area is 241 Å². The Morgan fingerprint density at radius 2 is 1.56 bits per heavy atom. The maximum Gasteiger partial charge on any atom is 0.328 e. The van der Waals surface area contributed by atoms with Crippen molar-refractivity contribution in [1.29, 1.82) is 0 Å². The summed E-state index contributed by atoms with van der Waals surface area (Å²) in [5.41, 5.74) is 3.60. The molecule has 206 valence electrons. The Balaban J connectivity index is 1.31. The second-order valence-electron chi connectivity index (χ2n) is 9.49. The number of rotatable bonds is 9. The highest BCUT2D eigenvalue weighted by Gasteiger charge is 2.24. The summed E-state index contributed by atoms with van der Waals surface area (Å²) >= 11 is 6.01. The lowest BCUT2D eigenvalue weighted by atomic mass is 10.0. The predicted molar refractivity (Wildman–Crippen MR) is 159 cm³/mol. The average molecular weight is 567 g/mol. The average Bonchev–Trinajstić information content (AvgIpc) is 3.00. The minimum Gasteiger partial charge on any atom is -0.489 e. The van der Waals surface area contributed by atoms with E-state index in [9.17, 15) is 14.4 Å². The van der Waals surface area contributed by atoms with E-state index < -0.39 is 23.5 Å². The monoisotopic (exact) mass is 566 g/mol. The number of fused-ring (bicyclic) bond motifs is 1. The number of esters is 1. The molecular weight excluding hydrogens is 540 g/mol. The molecule has 4 aromatic carbocycles. The van der Waals surface area contributed by atoms with Crippen molar-refractivity contribution in [2.75, 3.05) is 7.11 Å². The molecule has 0 aliphatic heterocycles. The third kappa shape index (κ3) is 6.83. The first kappa shape index (κ1) is 27.7. The SMILES string of the molecule is COC(=O)C(Cc1ccc(OCc2ccccc2)cc1)NC(=O)c1cc2cc(-c3ccc(Cl)cc3)ccc2[nH]c1=O. The van der Waals surface area contributed by atoms with Gasteiger partial charge in [-0.3, -0.25) is 9.59 Å². The molecule has 0 bridgehead atoms. The summed E-state index contributed by atoms with van der Waals surface area (Å²) in [6.07, 6.45) is 0.170. The van der Waals surface area contributed by atoms with Crippen LogP contribution in [0.3, 0.4) is 0 Å². The molecule has 1 unspecified atom stereocenters.